The normalized spacial score (nSPS) is 11.9. The molecule has 51 heavy (non-hydrogen) atoms. The van der Waals surface area contributed by atoms with Gasteiger partial charge in [-0.25, -0.2) is 4.98 Å². The first-order chi connectivity index (χ1) is 25.3. The number of aromatic nitrogens is 4. The average molecular weight is 655 g/mol. The molecule has 6 heteroatoms. The van der Waals surface area contributed by atoms with Crippen molar-refractivity contribution in [1.29, 1.82) is 0 Å². The molecule has 0 saturated heterocycles. The number of furan rings is 2. The van der Waals surface area contributed by atoms with Gasteiger partial charge < -0.3 is 8.83 Å². The molecule has 0 aliphatic rings. The van der Waals surface area contributed by atoms with Gasteiger partial charge in [-0.15, -0.1) is 0 Å². The average Bonchev–Trinajstić information content (AvgIpc) is 3.86. The van der Waals surface area contributed by atoms with Crippen LogP contribution in [0.25, 0.3) is 106 Å². The van der Waals surface area contributed by atoms with Crippen LogP contribution in [0.3, 0.4) is 0 Å². The van der Waals surface area contributed by atoms with Gasteiger partial charge in [-0.05, 0) is 47.5 Å². The summed E-state index contributed by atoms with van der Waals surface area (Å²) in [4.78, 5) is 15.4. The van der Waals surface area contributed by atoms with Gasteiger partial charge in [-0.2, -0.15) is 9.97 Å². The van der Waals surface area contributed by atoms with E-state index in [2.05, 4.69) is 89.5 Å². The number of fused-ring (bicyclic) bond motifs is 9. The van der Waals surface area contributed by atoms with Crippen molar-refractivity contribution < 1.29 is 8.83 Å². The van der Waals surface area contributed by atoms with Crippen molar-refractivity contribution in [3.63, 3.8) is 0 Å². The third-order valence-electron chi connectivity index (χ3n) is 9.87. The highest BCUT2D eigenvalue weighted by molar-refractivity contribution is 6.17. The van der Waals surface area contributed by atoms with Crippen LogP contribution in [0.4, 0.5) is 0 Å². The van der Waals surface area contributed by atoms with Crippen molar-refractivity contribution >= 4 is 65.7 Å². The first-order valence-electron chi connectivity index (χ1n) is 16.9. The van der Waals surface area contributed by atoms with Gasteiger partial charge in [0.2, 0.25) is 5.95 Å². The smallest absolute Gasteiger partial charge is 0.238 e. The zero-order valence-electron chi connectivity index (χ0n) is 27.1. The van der Waals surface area contributed by atoms with Gasteiger partial charge in [0, 0.05) is 49.5 Å². The van der Waals surface area contributed by atoms with Crippen LogP contribution in [0.2, 0.25) is 0 Å². The summed E-state index contributed by atoms with van der Waals surface area (Å²) in [5, 5.41) is 6.53. The summed E-state index contributed by atoms with van der Waals surface area (Å²) in [5.74, 6) is 1.67. The fraction of sp³-hybridized carbons (Fsp3) is 0. The van der Waals surface area contributed by atoms with E-state index in [1.165, 1.54) is 0 Å². The summed E-state index contributed by atoms with van der Waals surface area (Å²) in [6.45, 7) is 0. The lowest BCUT2D eigenvalue weighted by Crippen LogP contribution is -2.06. The summed E-state index contributed by atoms with van der Waals surface area (Å²) in [6, 6.07) is 53.9. The van der Waals surface area contributed by atoms with Gasteiger partial charge in [0.05, 0.1) is 11.0 Å². The van der Waals surface area contributed by atoms with Crippen LogP contribution in [-0.4, -0.2) is 19.5 Å². The quantitative estimate of drug-likeness (QED) is 0.189. The van der Waals surface area contributed by atoms with Gasteiger partial charge >= 0.3 is 0 Å². The minimum atomic E-state index is 0.525. The summed E-state index contributed by atoms with van der Waals surface area (Å²) in [7, 11) is 0. The second kappa shape index (κ2) is 10.7. The highest BCUT2D eigenvalue weighted by Crippen LogP contribution is 2.40. The maximum absolute atomic E-state index is 6.49. The minimum absolute atomic E-state index is 0.525. The lowest BCUT2D eigenvalue weighted by Gasteiger charge is -2.11. The molecule has 0 spiro atoms. The molecule has 0 unspecified atom stereocenters. The fourth-order valence-corrected chi connectivity index (χ4v) is 7.54. The Kier molecular flexibility index (Phi) is 5.86. The number of para-hydroxylation sites is 2. The Morgan fingerprint density at radius 2 is 1.04 bits per heavy atom. The van der Waals surface area contributed by atoms with Crippen LogP contribution in [0.5, 0.6) is 0 Å². The van der Waals surface area contributed by atoms with Crippen molar-refractivity contribution in [3.8, 4) is 39.9 Å². The van der Waals surface area contributed by atoms with Crippen molar-refractivity contribution in [3.05, 3.63) is 158 Å². The van der Waals surface area contributed by atoms with E-state index in [0.29, 0.717) is 17.6 Å². The number of rotatable bonds is 4. The number of hydrogen-bond acceptors (Lipinski definition) is 5. The van der Waals surface area contributed by atoms with Crippen molar-refractivity contribution in [2.24, 2.45) is 0 Å². The number of benzene rings is 7. The molecule has 6 nitrogen and oxygen atoms in total. The van der Waals surface area contributed by atoms with Gasteiger partial charge in [0.15, 0.2) is 11.6 Å². The molecule has 4 heterocycles. The van der Waals surface area contributed by atoms with E-state index in [4.69, 9.17) is 23.8 Å². The zero-order chi connectivity index (χ0) is 33.5. The molecule has 0 amide bonds. The second-order valence-electron chi connectivity index (χ2n) is 12.8. The Morgan fingerprint density at radius 1 is 0.373 bits per heavy atom. The summed E-state index contributed by atoms with van der Waals surface area (Å²) < 4.78 is 15.0. The zero-order valence-corrected chi connectivity index (χ0v) is 27.1. The van der Waals surface area contributed by atoms with Crippen LogP contribution >= 0.6 is 0 Å². The van der Waals surface area contributed by atoms with Crippen molar-refractivity contribution in [1.82, 2.24) is 19.5 Å². The van der Waals surface area contributed by atoms with Crippen LogP contribution in [-0.2, 0) is 0 Å². The van der Waals surface area contributed by atoms with Crippen LogP contribution in [0, 0.1) is 0 Å². The predicted octanol–water partition coefficient (Wildman–Crippen LogP) is 11.8. The lowest BCUT2D eigenvalue weighted by molar-refractivity contribution is 0.668. The topological polar surface area (TPSA) is 69.9 Å². The molecular weight excluding hydrogens is 629 g/mol. The fourth-order valence-electron chi connectivity index (χ4n) is 7.54. The molecule has 11 rings (SSSR count). The van der Waals surface area contributed by atoms with Gasteiger partial charge in [-0.3, -0.25) is 4.57 Å². The first kappa shape index (κ1) is 27.9. The molecule has 0 aliphatic heterocycles. The Bertz CT molecular complexity index is 3140. The van der Waals surface area contributed by atoms with Crippen LogP contribution in [0.1, 0.15) is 0 Å². The van der Waals surface area contributed by atoms with E-state index in [1.54, 1.807) is 0 Å². The van der Waals surface area contributed by atoms with Crippen LogP contribution < -0.4 is 0 Å². The van der Waals surface area contributed by atoms with E-state index in [9.17, 15) is 0 Å². The highest BCUT2D eigenvalue weighted by Gasteiger charge is 2.21. The molecule has 0 aliphatic carbocycles. The number of hydrogen-bond donors (Lipinski definition) is 0. The SMILES string of the molecule is c1ccc(-c2nc(-c3ccc4c(c3)oc3cccc(-c5ccccc5)c34)nc(-n3c4ccccc4c4cc5c(cc43)oc3ccccc35)n2)cc1. The number of nitrogens with zero attached hydrogens (tertiary/aromatic N) is 4. The molecule has 0 radical (unpaired) electrons. The molecule has 7 aromatic carbocycles. The highest BCUT2D eigenvalue weighted by atomic mass is 16.3. The molecule has 0 N–H and O–H groups in total. The Labute approximate surface area is 290 Å². The van der Waals surface area contributed by atoms with E-state index in [1.807, 2.05) is 72.8 Å². The second-order valence-corrected chi connectivity index (χ2v) is 12.8. The third kappa shape index (κ3) is 4.26. The maximum Gasteiger partial charge on any atom is 0.238 e. The molecule has 11 aromatic rings. The lowest BCUT2D eigenvalue weighted by atomic mass is 9.99. The minimum Gasteiger partial charge on any atom is -0.456 e. The van der Waals surface area contributed by atoms with Gasteiger partial charge in [0.25, 0.3) is 0 Å². The Hall–Kier alpha value is -7.05. The monoisotopic (exact) mass is 654 g/mol. The van der Waals surface area contributed by atoms with E-state index >= 15 is 0 Å². The van der Waals surface area contributed by atoms with Crippen molar-refractivity contribution in [2.45, 2.75) is 0 Å². The van der Waals surface area contributed by atoms with E-state index in [-0.39, 0.29) is 0 Å². The molecule has 238 valence electrons. The van der Waals surface area contributed by atoms with Crippen LogP contribution in [0.15, 0.2) is 167 Å². The van der Waals surface area contributed by atoms with Gasteiger partial charge in [-0.1, -0.05) is 115 Å². The molecule has 0 saturated carbocycles. The largest absolute Gasteiger partial charge is 0.456 e. The summed E-state index contributed by atoms with van der Waals surface area (Å²) in [6.07, 6.45) is 0. The summed E-state index contributed by atoms with van der Waals surface area (Å²) >= 11 is 0. The molecule has 0 atom stereocenters. The molecule has 0 bridgehead atoms. The maximum atomic E-state index is 6.49. The molecule has 4 aromatic heterocycles. The standard InChI is InChI=1S/C45H26N4O2/c1-3-12-27(13-4-1)30-18-11-21-39-42(30)33-23-22-29(24-40(33)51-39)44-46-43(28-14-5-2-6-15-28)47-45(48-44)49-36-19-9-7-16-31(36)34-25-35-32-17-8-10-20-38(32)50-41(35)26-37(34)49/h1-26H. The van der Waals surface area contributed by atoms with Crippen molar-refractivity contribution in [2.75, 3.05) is 0 Å². The summed E-state index contributed by atoms with van der Waals surface area (Å²) in [5.41, 5.74) is 9.28. The third-order valence-corrected chi connectivity index (χ3v) is 9.87. The predicted molar refractivity (Wildman–Crippen MR) is 205 cm³/mol. The molecule has 0 fully saturated rings. The Balaban J connectivity index is 1.16. The van der Waals surface area contributed by atoms with Gasteiger partial charge in [0.1, 0.15) is 22.3 Å². The Morgan fingerprint density at radius 3 is 1.88 bits per heavy atom. The molecular formula is C45H26N4O2. The van der Waals surface area contributed by atoms with E-state index < -0.39 is 0 Å². The first-order valence-corrected chi connectivity index (χ1v) is 16.9. The van der Waals surface area contributed by atoms with E-state index in [0.717, 1.165) is 87.9 Å².